The van der Waals surface area contributed by atoms with E-state index < -0.39 is 11.1 Å². The first-order valence-electron chi connectivity index (χ1n) is 17.9. The van der Waals surface area contributed by atoms with Crippen LogP contribution < -0.4 is 11.2 Å². The summed E-state index contributed by atoms with van der Waals surface area (Å²) < 4.78 is 3.09. The molecule has 52 heavy (non-hydrogen) atoms. The standard InChI is InChI=1S/C48H32N2O2/c1-47(2)38-18-8-3-13-31(38)35-25-24-30(27-42(35)47)50-45(51)37-17-7-12-22-44(37)49(46(50)52)29-23-26-36-34-16-6-11-21-41(34)48(43(36)28-29)39-19-9-4-14-32(39)33-15-5-10-20-40(33)48/h3-28H,1-2H3. The van der Waals surface area contributed by atoms with Crippen LogP contribution in [0, 0.1) is 0 Å². The zero-order valence-corrected chi connectivity index (χ0v) is 28.7. The zero-order valence-electron chi connectivity index (χ0n) is 28.7. The fraction of sp³-hybridized carbons (Fsp3) is 0.0833. The summed E-state index contributed by atoms with van der Waals surface area (Å²) in [6.07, 6.45) is 0. The van der Waals surface area contributed by atoms with Gasteiger partial charge in [0.2, 0.25) is 0 Å². The van der Waals surface area contributed by atoms with Gasteiger partial charge < -0.3 is 0 Å². The molecular weight excluding hydrogens is 637 g/mol. The Morgan fingerprint density at radius 2 is 0.827 bits per heavy atom. The molecule has 0 aliphatic heterocycles. The molecule has 1 heterocycles. The van der Waals surface area contributed by atoms with Crippen molar-refractivity contribution in [1.82, 2.24) is 9.13 Å². The highest BCUT2D eigenvalue weighted by Gasteiger charge is 2.51. The maximum absolute atomic E-state index is 15.0. The van der Waals surface area contributed by atoms with Crippen LogP contribution in [0.5, 0.6) is 0 Å². The molecule has 0 fully saturated rings. The van der Waals surface area contributed by atoms with E-state index >= 15 is 4.79 Å². The van der Waals surface area contributed by atoms with E-state index in [1.54, 1.807) is 4.57 Å². The Kier molecular flexibility index (Phi) is 5.65. The lowest BCUT2D eigenvalue weighted by Gasteiger charge is -2.30. The van der Waals surface area contributed by atoms with E-state index in [1.807, 2.05) is 42.5 Å². The number of hydrogen-bond donors (Lipinski definition) is 0. The third-order valence-corrected chi connectivity index (χ3v) is 12.0. The SMILES string of the molecule is CC1(C)c2ccccc2-c2ccc(-n3c(=O)c4ccccc4n(-c4ccc5c(c4)C4(c6ccccc6-c6ccccc64)c4ccccc4-5)c3=O)cc21. The molecule has 4 heteroatoms. The number of hydrogen-bond acceptors (Lipinski definition) is 2. The first-order chi connectivity index (χ1) is 25.4. The fourth-order valence-corrected chi connectivity index (χ4v) is 9.79. The first-order valence-corrected chi connectivity index (χ1v) is 17.9. The van der Waals surface area contributed by atoms with Crippen LogP contribution in [0.2, 0.25) is 0 Å². The lowest BCUT2D eigenvalue weighted by atomic mass is 9.70. The van der Waals surface area contributed by atoms with Gasteiger partial charge in [0.05, 0.1) is 27.7 Å². The molecule has 11 rings (SSSR count). The van der Waals surface area contributed by atoms with Gasteiger partial charge in [0.1, 0.15) is 0 Å². The minimum absolute atomic E-state index is 0.279. The summed E-state index contributed by atoms with van der Waals surface area (Å²) in [5.74, 6) is 0. The average Bonchev–Trinajstić information content (AvgIpc) is 3.74. The van der Waals surface area contributed by atoms with E-state index in [0.29, 0.717) is 16.6 Å². The molecule has 7 aromatic carbocycles. The number of benzene rings is 7. The number of fused-ring (bicyclic) bond motifs is 14. The fourth-order valence-electron chi connectivity index (χ4n) is 9.79. The Morgan fingerprint density at radius 1 is 0.404 bits per heavy atom. The molecule has 0 N–H and O–H groups in total. The lowest BCUT2D eigenvalue weighted by Crippen LogP contribution is -2.38. The van der Waals surface area contributed by atoms with Gasteiger partial charge in [-0.05, 0) is 103 Å². The molecule has 246 valence electrons. The van der Waals surface area contributed by atoms with E-state index in [-0.39, 0.29) is 11.0 Å². The highest BCUT2D eigenvalue weighted by molar-refractivity contribution is 5.95. The molecule has 0 bridgehead atoms. The van der Waals surface area contributed by atoms with E-state index in [4.69, 9.17) is 0 Å². The summed E-state index contributed by atoms with van der Waals surface area (Å²) in [5, 5.41) is 0.486. The van der Waals surface area contributed by atoms with Gasteiger partial charge in [-0.15, -0.1) is 0 Å². The predicted molar refractivity (Wildman–Crippen MR) is 209 cm³/mol. The van der Waals surface area contributed by atoms with Crippen molar-refractivity contribution >= 4 is 10.9 Å². The third kappa shape index (κ3) is 3.46. The molecular formula is C48H32N2O2. The second kappa shape index (κ2) is 10.0. The normalized spacial score (nSPS) is 14.8. The molecule has 3 aliphatic carbocycles. The maximum atomic E-state index is 15.0. The van der Waals surface area contributed by atoms with Crippen molar-refractivity contribution < 1.29 is 0 Å². The number of nitrogens with zero attached hydrogens (tertiary/aromatic N) is 2. The topological polar surface area (TPSA) is 44.0 Å². The van der Waals surface area contributed by atoms with Gasteiger partial charge in [-0.1, -0.05) is 135 Å². The average molecular weight is 669 g/mol. The van der Waals surface area contributed by atoms with Crippen molar-refractivity contribution in [2.24, 2.45) is 0 Å². The van der Waals surface area contributed by atoms with Crippen LogP contribution in [0.25, 0.3) is 55.7 Å². The van der Waals surface area contributed by atoms with Gasteiger partial charge >= 0.3 is 5.69 Å². The highest BCUT2D eigenvalue weighted by Crippen LogP contribution is 2.62. The molecule has 1 spiro atoms. The summed E-state index contributed by atoms with van der Waals surface area (Å²) in [7, 11) is 0. The zero-order chi connectivity index (χ0) is 34.9. The van der Waals surface area contributed by atoms with E-state index in [1.165, 1.54) is 49.1 Å². The summed E-state index contributed by atoms with van der Waals surface area (Å²) in [5.41, 5.74) is 14.6. The molecule has 0 amide bonds. The smallest absolute Gasteiger partial charge is 0.268 e. The Morgan fingerprint density at radius 3 is 1.42 bits per heavy atom. The van der Waals surface area contributed by atoms with E-state index in [0.717, 1.165) is 27.9 Å². The molecule has 0 unspecified atom stereocenters. The molecule has 0 saturated carbocycles. The first kappa shape index (κ1) is 29.2. The summed E-state index contributed by atoms with van der Waals surface area (Å²) in [6, 6.07) is 54.4. The Hall–Kier alpha value is -6.52. The molecule has 0 saturated heterocycles. The summed E-state index contributed by atoms with van der Waals surface area (Å²) in [4.78, 5) is 29.4. The van der Waals surface area contributed by atoms with Crippen LogP contribution in [-0.2, 0) is 10.8 Å². The van der Waals surface area contributed by atoms with Crippen molar-refractivity contribution in [1.29, 1.82) is 0 Å². The van der Waals surface area contributed by atoms with Crippen molar-refractivity contribution in [2.45, 2.75) is 24.7 Å². The Balaban J connectivity index is 1.19. The van der Waals surface area contributed by atoms with Gasteiger partial charge in [0.15, 0.2) is 0 Å². The summed E-state index contributed by atoms with van der Waals surface area (Å²) >= 11 is 0. The van der Waals surface area contributed by atoms with E-state index in [2.05, 4.69) is 129 Å². The minimum Gasteiger partial charge on any atom is -0.268 e. The molecule has 1 aromatic heterocycles. The van der Waals surface area contributed by atoms with Crippen LogP contribution in [0.4, 0.5) is 0 Å². The largest absolute Gasteiger partial charge is 0.340 e. The van der Waals surface area contributed by atoms with Gasteiger partial charge in [-0.25, -0.2) is 9.36 Å². The van der Waals surface area contributed by atoms with Crippen molar-refractivity contribution in [3.05, 3.63) is 212 Å². The monoisotopic (exact) mass is 668 g/mol. The van der Waals surface area contributed by atoms with Crippen molar-refractivity contribution in [3.8, 4) is 44.8 Å². The number of aromatic nitrogens is 2. The molecule has 4 nitrogen and oxygen atoms in total. The van der Waals surface area contributed by atoms with Crippen molar-refractivity contribution in [3.63, 3.8) is 0 Å². The number of para-hydroxylation sites is 1. The van der Waals surface area contributed by atoms with Crippen LogP contribution in [0.15, 0.2) is 167 Å². The van der Waals surface area contributed by atoms with Gasteiger partial charge in [-0.3, -0.25) is 9.36 Å². The van der Waals surface area contributed by atoms with Crippen LogP contribution in [-0.4, -0.2) is 9.13 Å². The molecule has 8 aromatic rings. The van der Waals surface area contributed by atoms with Crippen LogP contribution in [0.3, 0.4) is 0 Å². The van der Waals surface area contributed by atoms with Gasteiger partial charge in [0, 0.05) is 5.41 Å². The Bertz CT molecular complexity index is 2930. The van der Waals surface area contributed by atoms with Crippen molar-refractivity contribution in [2.75, 3.05) is 0 Å². The Labute approximate surface area is 300 Å². The maximum Gasteiger partial charge on any atom is 0.340 e. The van der Waals surface area contributed by atoms with Crippen LogP contribution in [0.1, 0.15) is 47.2 Å². The van der Waals surface area contributed by atoms with Gasteiger partial charge in [0.25, 0.3) is 5.56 Å². The lowest BCUT2D eigenvalue weighted by molar-refractivity contribution is 0.659. The highest BCUT2D eigenvalue weighted by atomic mass is 16.2. The third-order valence-electron chi connectivity index (χ3n) is 12.0. The molecule has 0 atom stereocenters. The minimum atomic E-state index is -0.552. The second-order valence-corrected chi connectivity index (χ2v) is 14.8. The molecule has 0 radical (unpaired) electrons. The number of rotatable bonds is 2. The van der Waals surface area contributed by atoms with Crippen LogP contribution >= 0.6 is 0 Å². The van der Waals surface area contributed by atoms with E-state index in [9.17, 15) is 4.79 Å². The summed E-state index contributed by atoms with van der Waals surface area (Å²) in [6.45, 7) is 4.42. The predicted octanol–water partition coefficient (Wildman–Crippen LogP) is 9.79. The molecule has 3 aliphatic rings. The quantitative estimate of drug-likeness (QED) is 0.184. The second-order valence-electron chi connectivity index (χ2n) is 14.8. The van der Waals surface area contributed by atoms with Gasteiger partial charge in [-0.2, -0.15) is 0 Å².